The van der Waals surface area contributed by atoms with Gasteiger partial charge in [0.15, 0.2) is 0 Å². The molecule has 0 aromatic rings. The lowest BCUT2D eigenvalue weighted by Gasteiger charge is -2.19. The van der Waals surface area contributed by atoms with Crippen LogP contribution in [0.15, 0.2) is 0 Å². The second-order valence-electron chi connectivity index (χ2n) is 2.87. The molecule has 0 heterocycles. The second kappa shape index (κ2) is 3.46. The first-order chi connectivity index (χ1) is 3.56. The zero-order valence-electron chi connectivity index (χ0n) is 5.79. The molecule has 0 atom stereocenters. The molecule has 1 nitrogen and oxygen atoms in total. The summed E-state index contributed by atoms with van der Waals surface area (Å²) in [6.07, 6.45) is 0. The van der Waals surface area contributed by atoms with Gasteiger partial charge in [-0.15, -0.1) is 0 Å². The number of halogens is 1. The van der Waals surface area contributed by atoms with E-state index in [-0.39, 0.29) is 5.54 Å². The largest absolute Gasteiger partial charge is 0.311 e. The Bertz CT molecular complexity index is 56.0. The standard InChI is InChI=1S/C6H14BrN/c1-6(2,3)8-5-4-7/h8H,4-5H2,1-3H3. The number of rotatable bonds is 2. The highest BCUT2D eigenvalue weighted by molar-refractivity contribution is 9.09. The van der Waals surface area contributed by atoms with Crippen LogP contribution in [-0.2, 0) is 0 Å². The average molecular weight is 180 g/mol. The summed E-state index contributed by atoms with van der Waals surface area (Å²) in [7, 11) is 0. The van der Waals surface area contributed by atoms with Crippen LogP contribution in [-0.4, -0.2) is 17.4 Å². The van der Waals surface area contributed by atoms with E-state index < -0.39 is 0 Å². The molecule has 0 unspecified atom stereocenters. The first kappa shape index (κ1) is 8.44. The zero-order valence-corrected chi connectivity index (χ0v) is 7.38. The summed E-state index contributed by atoms with van der Waals surface area (Å²) in [4.78, 5) is 0. The molecular weight excluding hydrogens is 166 g/mol. The molecule has 0 aromatic carbocycles. The lowest BCUT2D eigenvalue weighted by molar-refractivity contribution is 0.441. The molecular formula is C6H14BrN. The smallest absolute Gasteiger partial charge is 0.0157 e. The maximum atomic E-state index is 3.34. The fourth-order valence-electron chi connectivity index (χ4n) is 0.422. The van der Waals surface area contributed by atoms with Gasteiger partial charge in [-0.25, -0.2) is 0 Å². The Morgan fingerprint density at radius 3 is 2.00 bits per heavy atom. The third kappa shape index (κ3) is 6.44. The predicted octanol–water partition coefficient (Wildman–Crippen LogP) is 1.77. The summed E-state index contributed by atoms with van der Waals surface area (Å²) in [5.41, 5.74) is 0.272. The highest BCUT2D eigenvalue weighted by atomic mass is 79.9. The van der Waals surface area contributed by atoms with Gasteiger partial charge in [-0.1, -0.05) is 15.9 Å². The molecule has 0 aliphatic heterocycles. The highest BCUT2D eigenvalue weighted by Crippen LogP contribution is 1.96. The Morgan fingerprint density at radius 1 is 1.38 bits per heavy atom. The topological polar surface area (TPSA) is 12.0 Å². The Morgan fingerprint density at radius 2 is 1.88 bits per heavy atom. The van der Waals surface area contributed by atoms with Gasteiger partial charge in [-0.3, -0.25) is 0 Å². The van der Waals surface area contributed by atoms with Crippen molar-refractivity contribution in [3.8, 4) is 0 Å². The molecule has 50 valence electrons. The molecule has 0 bridgehead atoms. The van der Waals surface area contributed by atoms with Crippen LogP contribution in [0.2, 0.25) is 0 Å². The summed E-state index contributed by atoms with van der Waals surface area (Å²) < 4.78 is 0. The van der Waals surface area contributed by atoms with Gasteiger partial charge >= 0.3 is 0 Å². The highest BCUT2D eigenvalue weighted by Gasteiger charge is 2.05. The Kier molecular flexibility index (Phi) is 3.65. The molecule has 0 aliphatic carbocycles. The first-order valence-corrected chi connectivity index (χ1v) is 3.99. The Balaban J connectivity index is 3.11. The van der Waals surface area contributed by atoms with Crippen molar-refractivity contribution in [2.45, 2.75) is 26.3 Å². The van der Waals surface area contributed by atoms with E-state index in [1.807, 2.05) is 0 Å². The minimum atomic E-state index is 0.272. The average Bonchev–Trinajstić information content (AvgIpc) is 1.59. The molecule has 0 aromatic heterocycles. The van der Waals surface area contributed by atoms with Crippen LogP contribution in [0.25, 0.3) is 0 Å². The Labute approximate surface area is 60.0 Å². The summed E-state index contributed by atoms with van der Waals surface area (Å²) >= 11 is 3.34. The van der Waals surface area contributed by atoms with Crippen LogP contribution in [0.4, 0.5) is 0 Å². The van der Waals surface area contributed by atoms with Crippen LogP contribution >= 0.6 is 15.9 Å². The third-order valence-electron chi connectivity index (χ3n) is 0.750. The summed E-state index contributed by atoms with van der Waals surface area (Å²) in [5, 5.41) is 4.36. The van der Waals surface area contributed by atoms with Crippen LogP contribution in [0.1, 0.15) is 20.8 Å². The number of alkyl halides is 1. The maximum Gasteiger partial charge on any atom is 0.0157 e. The van der Waals surface area contributed by atoms with Crippen LogP contribution in [0.3, 0.4) is 0 Å². The third-order valence-corrected chi connectivity index (χ3v) is 1.15. The molecule has 1 N–H and O–H groups in total. The number of nitrogens with one attached hydrogen (secondary N) is 1. The molecule has 0 saturated carbocycles. The van der Waals surface area contributed by atoms with E-state index >= 15 is 0 Å². The van der Waals surface area contributed by atoms with Crippen LogP contribution in [0.5, 0.6) is 0 Å². The van der Waals surface area contributed by atoms with E-state index in [0.717, 1.165) is 11.9 Å². The van der Waals surface area contributed by atoms with Crippen molar-refractivity contribution in [1.82, 2.24) is 5.32 Å². The van der Waals surface area contributed by atoms with Crippen molar-refractivity contribution < 1.29 is 0 Å². The van der Waals surface area contributed by atoms with E-state index in [1.54, 1.807) is 0 Å². The van der Waals surface area contributed by atoms with Crippen molar-refractivity contribution in [2.75, 3.05) is 11.9 Å². The van der Waals surface area contributed by atoms with E-state index in [2.05, 4.69) is 42.0 Å². The molecule has 0 saturated heterocycles. The van der Waals surface area contributed by atoms with Crippen molar-refractivity contribution in [2.24, 2.45) is 0 Å². The quantitative estimate of drug-likeness (QED) is 0.638. The fraction of sp³-hybridized carbons (Fsp3) is 1.00. The van der Waals surface area contributed by atoms with Gasteiger partial charge in [0.2, 0.25) is 0 Å². The van der Waals surface area contributed by atoms with Gasteiger partial charge in [0.25, 0.3) is 0 Å². The monoisotopic (exact) mass is 179 g/mol. The van der Waals surface area contributed by atoms with Crippen LogP contribution in [0, 0.1) is 0 Å². The van der Waals surface area contributed by atoms with Crippen molar-refractivity contribution in [1.29, 1.82) is 0 Å². The number of hydrogen-bond donors (Lipinski definition) is 1. The summed E-state index contributed by atoms with van der Waals surface area (Å²) in [6.45, 7) is 7.53. The van der Waals surface area contributed by atoms with Crippen molar-refractivity contribution in [3.63, 3.8) is 0 Å². The van der Waals surface area contributed by atoms with Gasteiger partial charge in [-0.2, -0.15) is 0 Å². The Hall–Kier alpha value is 0.440. The summed E-state index contributed by atoms with van der Waals surface area (Å²) in [5.74, 6) is 0. The maximum absolute atomic E-state index is 3.34. The molecule has 0 spiro atoms. The molecule has 2 heteroatoms. The minimum Gasteiger partial charge on any atom is -0.311 e. The van der Waals surface area contributed by atoms with Gasteiger partial charge < -0.3 is 5.32 Å². The van der Waals surface area contributed by atoms with E-state index in [0.29, 0.717) is 0 Å². The molecule has 0 aliphatic rings. The second-order valence-corrected chi connectivity index (χ2v) is 3.66. The molecule has 0 rings (SSSR count). The van der Waals surface area contributed by atoms with Crippen LogP contribution < -0.4 is 5.32 Å². The fourth-order valence-corrected chi connectivity index (χ4v) is 0.620. The molecule has 0 fully saturated rings. The van der Waals surface area contributed by atoms with Crippen molar-refractivity contribution >= 4 is 15.9 Å². The van der Waals surface area contributed by atoms with Gasteiger partial charge in [0.1, 0.15) is 0 Å². The van der Waals surface area contributed by atoms with Gasteiger partial charge in [-0.05, 0) is 20.8 Å². The van der Waals surface area contributed by atoms with Gasteiger partial charge in [0.05, 0.1) is 0 Å². The normalized spacial score (nSPS) is 12.0. The first-order valence-electron chi connectivity index (χ1n) is 2.87. The predicted molar refractivity (Wildman–Crippen MR) is 41.5 cm³/mol. The minimum absolute atomic E-state index is 0.272. The molecule has 0 amide bonds. The number of hydrogen-bond acceptors (Lipinski definition) is 1. The van der Waals surface area contributed by atoms with Gasteiger partial charge in [0, 0.05) is 17.4 Å². The van der Waals surface area contributed by atoms with E-state index in [9.17, 15) is 0 Å². The molecule has 0 radical (unpaired) electrons. The van der Waals surface area contributed by atoms with Crippen molar-refractivity contribution in [3.05, 3.63) is 0 Å². The zero-order chi connectivity index (χ0) is 6.62. The van der Waals surface area contributed by atoms with E-state index in [4.69, 9.17) is 0 Å². The lowest BCUT2D eigenvalue weighted by Crippen LogP contribution is -2.36. The van der Waals surface area contributed by atoms with E-state index in [1.165, 1.54) is 0 Å². The lowest BCUT2D eigenvalue weighted by atomic mass is 10.1. The summed E-state index contributed by atoms with van der Waals surface area (Å²) in [6, 6.07) is 0. The SMILES string of the molecule is CC(C)(C)NCCBr. The molecule has 8 heavy (non-hydrogen) atoms.